The van der Waals surface area contributed by atoms with E-state index >= 15 is 0 Å². The fourth-order valence-corrected chi connectivity index (χ4v) is 7.77. The predicted octanol–water partition coefficient (Wildman–Crippen LogP) is 2.94. The van der Waals surface area contributed by atoms with Crippen LogP contribution in [-0.2, 0) is 33.4 Å². The number of hydrogen-bond donors (Lipinski definition) is 2. The first-order chi connectivity index (χ1) is 23.2. The number of cyclic esters (lactones) is 1. The van der Waals surface area contributed by atoms with Gasteiger partial charge in [-0.25, -0.2) is 0 Å². The molecule has 4 heterocycles. The number of esters is 1. The van der Waals surface area contributed by atoms with Crippen LogP contribution in [0.3, 0.4) is 0 Å². The van der Waals surface area contributed by atoms with Gasteiger partial charge in [-0.05, 0) is 43.4 Å². The molecule has 1 spiro atoms. The number of amides is 3. The standard InChI is InChI=1S/C37H43N3O8/c1-23-12-10-13-24(2)31(23)39-19-9-5-8-16-28(42)38-26(22-46-3)32(25-14-6-4-7-15-25)47-36(45)29-27-17-18-37(48-27)30(29)34(43)40(20-11-21-41)33(37)35(39)44/h4-7,9-10,12-15,17-18,26-27,29-30,32-33,41H,8,11,16,19-22H2,1-3H3,(H,38,42)/b9-5-/t26-,27+,29-,30-,32-,33+,37-/m1/s1. The fraction of sp³-hybridized carbons (Fsp3) is 0.459. The molecule has 48 heavy (non-hydrogen) atoms. The van der Waals surface area contributed by atoms with Crippen LogP contribution in [0.1, 0.15) is 42.1 Å². The number of methoxy groups -OCH3 is 1. The number of anilines is 1. The molecule has 2 saturated heterocycles. The number of allylic oxidation sites excluding steroid dienone is 1. The van der Waals surface area contributed by atoms with E-state index in [-0.39, 0.29) is 51.0 Å². The first-order valence-corrected chi connectivity index (χ1v) is 16.6. The van der Waals surface area contributed by atoms with E-state index in [0.29, 0.717) is 12.0 Å². The summed E-state index contributed by atoms with van der Waals surface area (Å²) < 4.78 is 18.3. The summed E-state index contributed by atoms with van der Waals surface area (Å²) in [6.07, 6.45) is 6.34. The lowest BCUT2D eigenvalue weighted by molar-refractivity contribution is -0.162. The lowest BCUT2D eigenvalue weighted by Gasteiger charge is -2.36. The summed E-state index contributed by atoms with van der Waals surface area (Å²) in [5, 5.41) is 12.8. The molecule has 2 aromatic rings. The minimum absolute atomic E-state index is 0.0709. The Kier molecular flexibility index (Phi) is 9.82. The first kappa shape index (κ1) is 33.6. The van der Waals surface area contributed by atoms with Gasteiger partial charge in [-0.15, -0.1) is 0 Å². The minimum atomic E-state index is -1.41. The number of carbonyl (C=O) groups excluding carboxylic acids is 4. The molecular weight excluding hydrogens is 614 g/mol. The normalized spacial score (nSPS) is 31.2. The number of benzene rings is 2. The third-order valence-electron chi connectivity index (χ3n) is 9.83. The van der Waals surface area contributed by atoms with Gasteiger partial charge in [0.2, 0.25) is 11.8 Å². The van der Waals surface area contributed by atoms with Crippen molar-refractivity contribution in [2.75, 3.05) is 38.3 Å². The number of aliphatic hydroxyl groups excluding tert-OH is 1. The number of para-hydroxylation sites is 1. The summed E-state index contributed by atoms with van der Waals surface area (Å²) in [5.41, 5.74) is 1.73. The average Bonchev–Trinajstić information content (AvgIpc) is 3.71. The number of fused-ring (bicyclic) bond motifs is 2. The van der Waals surface area contributed by atoms with E-state index in [1.165, 1.54) is 12.0 Å². The molecule has 11 heteroatoms. The van der Waals surface area contributed by atoms with Crippen LogP contribution in [0.5, 0.6) is 0 Å². The Morgan fingerprint density at radius 3 is 2.46 bits per heavy atom. The van der Waals surface area contributed by atoms with Crippen molar-refractivity contribution < 1.29 is 38.5 Å². The van der Waals surface area contributed by atoms with Crippen LogP contribution in [0.4, 0.5) is 5.69 Å². The Bertz CT molecular complexity index is 1590. The maximum atomic E-state index is 15.0. The second-order valence-corrected chi connectivity index (χ2v) is 12.9. The molecule has 0 aromatic heterocycles. The van der Waals surface area contributed by atoms with Crippen LogP contribution < -0.4 is 10.2 Å². The highest BCUT2D eigenvalue weighted by Crippen LogP contribution is 2.56. The summed E-state index contributed by atoms with van der Waals surface area (Å²) in [7, 11) is 1.51. The summed E-state index contributed by atoms with van der Waals surface area (Å²) >= 11 is 0. The molecule has 0 unspecified atom stereocenters. The van der Waals surface area contributed by atoms with Gasteiger partial charge in [0.05, 0.1) is 24.7 Å². The summed E-state index contributed by atoms with van der Waals surface area (Å²) in [6.45, 7) is 4.05. The van der Waals surface area contributed by atoms with Crippen LogP contribution in [0.25, 0.3) is 0 Å². The lowest BCUT2D eigenvalue weighted by atomic mass is 9.74. The van der Waals surface area contributed by atoms with Crippen molar-refractivity contribution in [3.63, 3.8) is 0 Å². The number of nitrogens with zero attached hydrogens (tertiary/aromatic N) is 2. The number of ether oxygens (including phenoxy) is 3. The molecule has 0 saturated carbocycles. The fourth-order valence-electron chi connectivity index (χ4n) is 7.77. The molecule has 2 fully saturated rings. The van der Waals surface area contributed by atoms with Gasteiger partial charge in [0.1, 0.15) is 23.7 Å². The molecule has 7 atom stereocenters. The molecule has 2 aromatic carbocycles. The van der Waals surface area contributed by atoms with Crippen LogP contribution in [0.2, 0.25) is 0 Å². The molecule has 2 N–H and O–H groups in total. The lowest BCUT2D eigenvalue weighted by Crippen LogP contribution is -2.56. The number of aryl methyl sites for hydroxylation is 2. The van der Waals surface area contributed by atoms with E-state index in [1.54, 1.807) is 17.1 Å². The van der Waals surface area contributed by atoms with Gasteiger partial charge >= 0.3 is 5.97 Å². The van der Waals surface area contributed by atoms with Crippen molar-refractivity contribution in [1.29, 1.82) is 0 Å². The third kappa shape index (κ3) is 5.95. The van der Waals surface area contributed by atoms with E-state index in [9.17, 15) is 24.3 Å². The van der Waals surface area contributed by atoms with Gasteiger partial charge in [-0.1, -0.05) is 72.8 Å². The van der Waals surface area contributed by atoms with E-state index in [0.717, 1.165) is 16.8 Å². The highest BCUT2D eigenvalue weighted by atomic mass is 16.6. The number of nitrogens with one attached hydrogen (secondary N) is 1. The van der Waals surface area contributed by atoms with E-state index in [4.69, 9.17) is 14.2 Å². The number of likely N-dealkylation sites (tertiary alicyclic amines) is 1. The molecule has 11 nitrogen and oxygen atoms in total. The maximum Gasteiger partial charge on any atom is 0.313 e. The van der Waals surface area contributed by atoms with Crippen molar-refractivity contribution in [1.82, 2.24) is 10.2 Å². The number of aliphatic hydroxyl groups is 1. The van der Waals surface area contributed by atoms with Gasteiger partial charge in [0.15, 0.2) is 0 Å². The number of carbonyl (C=O) groups is 4. The zero-order valence-electron chi connectivity index (χ0n) is 27.5. The summed E-state index contributed by atoms with van der Waals surface area (Å²) in [4.78, 5) is 60.0. The van der Waals surface area contributed by atoms with Crippen molar-refractivity contribution in [3.05, 3.63) is 89.5 Å². The Balaban J connectivity index is 1.47. The van der Waals surface area contributed by atoms with E-state index in [2.05, 4.69) is 5.32 Å². The van der Waals surface area contributed by atoms with Crippen molar-refractivity contribution in [2.24, 2.45) is 11.8 Å². The quantitative estimate of drug-likeness (QED) is 0.343. The topological polar surface area (TPSA) is 135 Å². The molecule has 5 bridgehead atoms. The monoisotopic (exact) mass is 657 g/mol. The number of hydrogen-bond acceptors (Lipinski definition) is 8. The Morgan fingerprint density at radius 2 is 1.75 bits per heavy atom. The van der Waals surface area contributed by atoms with Crippen LogP contribution in [-0.4, -0.2) is 90.9 Å². The minimum Gasteiger partial charge on any atom is -0.455 e. The smallest absolute Gasteiger partial charge is 0.313 e. The van der Waals surface area contributed by atoms with E-state index < -0.39 is 53.6 Å². The first-order valence-electron chi connectivity index (χ1n) is 16.6. The van der Waals surface area contributed by atoms with E-state index in [1.807, 2.05) is 74.5 Å². The predicted molar refractivity (Wildman–Crippen MR) is 177 cm³/mol. The van der Waals surface area contributed by atoms with Crippen molar-refractivity contribution >= 4 is 29.4 Å². The molecule has 0 radical (unpaired) electrons. The average molecular weight is 658 g/mol. The highest BCUT2D eigenvalue weighted by molar-refractivity contribution is 6.06. The molecular formula is C37H43N3O8. The highest BCUT2D eigenvalue weighted by Gasteiger charge is 2.73. The van der Waals surface area contributed by atoms with Crippen LogP contribution in [0, 0.1) is 25.7 Å². The molecule has 0 aliphatic carbocycles. The summed E-state index contributed by atoms with van der Waals surface area (Å²) in [5.74, 6) is -3.72. The van der Waals surface area contributed by atoms with Crippen LogP contribution in [0.15, 0.2) is 72.8 Å². The Labute approximate surface area is 280 Å². The van der Waals surface area contributed by atoms with Crippen molar-refractivity contribution in [2.45, 2.75) is 63.0 Å². The SMILES string of the molecule is COC[C@H]1NC(=O)CC/C=C\CN(c2c(C)cccc2C)C(=O)[C@@H]2N(CCCO)C(=O)[C@H]3[C@H](C(=O)O[C@@H]1c1ccccc1)[C@@H]1C=C[C@]23O1. The van der Waals surface area contributed by atoms with Gasteiger partial charge in [0.25, 0.3) is 5.91 Å². The largest absolute Gasteiger partial charge is 0.455 e. The molecule has 4 aliphatic rings. The Morgan fingerprint density at radius 1 is 1.00 bits per heavy atom. The van der Waals surface area contributed by atoms with Gasteiger partial charge in [0, 0.05) is 38.9 Å². The third-order valence-corrected chi connectivity index (χ3v) is 9.83. The molecule has 254 valence electrons. The van der Waals surface area contributed by atoms with Crippen LogP contribution >= 0.6 is 0 Å². The van der Waals surface area contributed by atoms with Gasteiger partial charge < -0.3 is 34.4 Å². The second kappa shape index (κ2) is 14.0. The second-order valence-electron chi connectivity index (χ2n) is 12.9. The molecule has 6 rings (SSSR count). The summed E-state index contributed by atoms with van der Waals surface area (Å²) in [6, 6.07) is 13.1. The molecule has 3 amide bonds. The zero-order chi connectivity index (χ0) is 34.0. The molecule has 4 aliphatic heterocycles. The van der Waals surface area contributed by atoms with Gasteiger partial charge in [-0.2, -0.15) is 0 Å². The van der Waals surface area contributed by atoms with Crippen molar-refractivity contribution in [3.8, 4) is 0 Å². The maximum absolute atomic E-state index is 15.0. The van der Waals surface area contributed by atoms with Gasteiger partial charge in [-0.3, -0.25) is 19.2 Å². The Hall–Kier alpha value is -4.32. The number of rotatable bonds is 7. The zero-order valence-corrected chi connectivity index (χ0v) is 27.5.